The van der Waals surface area contributed by atoms with E-state index in [-0.39, 0.29) is 18.4 Å². The highest BCUT2D eigenvalue weighted by Gasteiger charge is 2.29. The summed E-state index contributed by atoms with van der Waals surface area (Å²) in [5.41, 5.74) is 2.07. The number of rotatable bonds is 5. The number of aryl methyl sites for hydroxylation is 1. The summed E-state index contributed by atoms with van der Waals surface area (Å²) in [6.07, 6.45) is 1.80. The van der Waals surface area contributed by atoms with Gasteiger partial charge in [0, 0.05) is 23.7 Å². The third-order valence-corrected chi connectivity index (χ3v) is 5.27. The number of hydrogen-bond acceptors (Lipinski definition) is 5. The highest BCUT2D eigenvalue weighted by Crippen LogP contribution is 2.28. The summed E-state index contributed by atoms with van der Waals surface area (Å²) in [5, 5.41) is 4.76. The molecule has 1 aliphatic heterocycles. The quantitative estimate of drug-likeness (QED) is 0.619. The lowest BCUT2D eigenvalue weighted by atomic mass is 9.98. The summed E-state index contributed by atoms with van der Waals surface area (Å²) < 4.78 is 11.1. The lowest BCUT2D eigenvalue weighted by molar-refractivity contribution is -0.134. The summed E-state index contributed by atoms with van der Waals surface area (Å²) in [6, 6.07) is 15.0. The van der Waals surface area contributed by atoms with Gasteiger partial charge in [-0.2, -0.15) is 4.98 Å². The minimum atomic E-state index is -0.0527. The fourth-order valence-corrected chi connectivity index (χ4v) is 3.60. The van der Waals surface area contributed by atoms with Gasteiger partial charge in [0.1, 0.15) is 5.75 Å². The topological polar surface area (TPSA) is 68.5 Å². The van der Waals surface area contributed by atoms with E-state index in [4.69, 9.17) is 20.9 Å². The first-order chi connectivity index (χ1) is 14.1. The Morgan fingerprint density at radius 3 is 2.90 bits per heavy atom. The molecule has 0 aliphatic carbocycles. The van der Waals surface area contributed by atoms with Gasteiger partial charge in [0.2, 0.25) is 11.7 Å². The molecular formula is C22H22ClN3O3. The average Bonchev–Trinajstić information content (AvgIpc) is 3.24. The van der Waals surface area contributed by atoms with Crippen molar-refractivity contribution in [3.63, 3.8) is 0 Å². The molecule has 0 spiro atoms. The monoisotopic (exact) mass is 411 g/mol. The number of nitrogens with zero attached hydrogens (tertiary/aromatic N) is 3. The Labute approximate surface area is 174 Å². The van der Waals surface area contributed by atoms with Crippen LogP contribution in [0.2, 0.25) is 5.02 Å². The van der Waals surface area contributed by atoms with Gasteiger partial charge in [-0.3, -0.25) is 4.79 Å². The minimum Gasteiger partial charge on any atom is -0.484 e. The van der Waals surface area contributed by atoms with Gasteiger partial charge in [-0.05, 0) is 50.1 Å². The van der Waals surface area contributed by atoms with Crippen LogP contribution in [-0.2, 0) is 4.79 Å². The van der Waals surface area contributed by atoms with Crippen molar-refractivity contribution < 1.29 is 14.1 Å². The maximum atomic E-state index is 12.6. The van der Waals surface area contributed by atoms with E-state index >= 15 is 0 Å². The van der Waals surface area contributed by atoms with Crippen molar-refractivity contribution in [2.45, 2.75) is 25.7 Å². The van der Waals surface area contributed by atoms with E-state index in [1.165, 1.54) is 0 Å². The zero-order valence-electron chi connectivity index (χ0n) is 16.2. The molecule has 2 aromatic carbocycles. The van der Waals surface area contributed by atoms with E-state index < -0.39 is 0 Å². The number of halogens is 1. The molecular weight excluding hydrogens is 390 g/mol. The second-order valence-electron chi connectivity index (χ2n) is 7.25. The molecule has 4 rings (SSSR count). The Bertz CT molecular complexity index is 987. The largest absolute Gasteiger partial charge is 0.484 e. The second kappa shape index (κ2) is 8.66. The van der Waals surface area contributed by atoms with Gasteiger partial charge in [0.25, 0.3) is 5.91 Å². The first-order valence-corrected chi connectivity index (χ1v) is 10.0. The number of hydrogen-bond donors (Lipinski definition) is 0. The summed E-state index contributed by atoms with van der Waals surface area (Å²) in [6.45, 7) is 3.28. The van der Waals surface area contributed by atoms with Crippen LogP contribution in [0.1, 0.15) is 30.2 Å². The molecule has 1 atom stereocenters. The van der Waals surface area contributed by atoms with Crippen molar-refractivity contribution in [3.8, 4) is 17.1 Å². The van der Waals surface area contributed by atoms with Gasteiger partial charge in [-0.15, -0.1) is 0 Å². The molecule has 1 aliphatic rings. The molecule has 1 unspecified atom stereocenters. The predicted molar refractivity (Wildman–Crippen MR) is 110 cm³/mol. The third-order valence-electron chi connectivity index (χ3n) is 5.02. The molecule has 7 heteroatoms. The summed E-state index contributed by atoms with van der Waals surface area (Å²) in [7, 11) is 0. The fourth-order valence-electron chi connectivity index (χ4n) is 3.47. The van der Waals surface area contributed by atoms with Crippen LogP contribution < -0.4 is 4.74 Å². The second-order valence-corrected chi connectivity index (χ2v) is 7.68. The summed E-state index contributed by atoms with van der Waals surface area (Å²) in [5.74, 6) is 1.77. The Morgan fingerprint density at radius 1 is 1.28 bits per heavy atom. The molecule has 1 fully saturated rings. The zero-order chi connectivity index (χ0) is 20.2. The van der Waals surface area contributed by atoms with Crippen LogP contribution in [0.3, 0.4) is 0 Å². The summed E-state index contributed by atoms with van der Waals surface area (Å²) >= 11 is 5.87. The van der Waals surface area contributed by atoms with E-state index in [2.05, 4.69) is 10.1 Å². The molecule has 3 aromatic rings. The fraction of sp³-hybridized carbons (Fsp3) is 0.318. The average molecular weight is 412 g/mol. The highest BCUT2D eigenvalue weighted by atomic mass is 35.5. The molecule has 1 amide bonds. The minimum absolute atomic E-state index is 0.00721. The molecule has 0 saturated carbocycles. The number of amides is 1. The van der Waals surface area contributed by atoms with Gasteiger partial charge in [0.05, 0.1) is 5.92 Å². The van der Waals surface area contributed by atoms with E-state index in [0.29, 0.717) is 35.6 Å². The first-order valence-electron chi connectivity index (χ1n) is 9.65. The normalized spacial score (nSPS) is 16.6. The van der Waals surface area contributed by atoms with Crippen LogP contribution in [0.4, 0.5) is 0 Å². The molecule has 0 N–H and O–H groups in total. The lowest BCUT2D eigenvalue weighted by Gasteiger charge is -2.30. The van der Waals surface area contributed by atoms with E-state index in [0.717, 1.165) is 24.0 Å². The van der Waals surface area contributed by atoms with Crippen molar-refractivity contribution in [2.75, 3.05) is 19.7 Å². The van der Waals surface area contributed by atoms with Crippen LogP contribution >= 0.6 is 11.6 Å². The van der Waals surface area contributed by atoms with E-state index in [1.807, 2.05) is 31.2 Å². The van der Waals surface area contributed by atoms with Crippen LogP contribution in [0.5, 0.6) is 5.75 Å². The zero-order valence-corrected chi connectivity index (χ0v) is 16.9. The standard InChI is InChI=1S/C22H22ClN3O3/c1-15-4-2-5-16(12-15)21-24-22(29-25-21)17-6-3-11-26(13-17)20(27)14-28-19-9-7-18(23)8-10-19/h2,4-5,7-10,12,17H,3,6,11,13-14H2,1H3. The van der Waals surface area contributed by atoms with Gasteiger partial charge in [-0.25, -0.2) is 0 Å². The number of aromatic nitrogens is 2. The van der Waals surface area contributed by atoms with Crippen LogP contribution in [-0.4, -0.2) is 40.6 Å². The van der Waals surface area contributed by atoms with Crippen molar-refractivity contribution in [1.82, 2.24) is 15.0 Å². The Kier molecular flexibility index (Phi) is 5.81. The van der Waals surface area contributed by atoms with E-state index in [9.17, 15) is 4.79 Å². The Hall–Kier alpha value is -2.86. The Morgan fingerprint density at radius 2 is 2.10 bits per heavy atom. The lowest BCUT2D eigenvalue weighted by Crippen LogP contribution is -2.41. The predicted octanol–water partition coefficient (Wildman–Crippen LogP) is 4.48. The van der Waals surface area contributed by atoms with Gasteiger partial charge in [-0.1, -0.05) is 40.5 Å². The third kappa shape index (κ3) is 4.77. The van der Waals surface area contributed by atoms with Crippen LogP contribution in [0.25, 0.3) is 11.4 Å². The first kappa shape index (κ1) is 19.5. The maximum Gasteiger partial charge on any atom is 0.260 e. The molecule has 1 saturated heterocycles. The molecule has 2 heterocycles. The SMILES string of the molecule is Cc1cccc(-c2noc(C3CCCN(C(=O)COc4ccc(Cl)cc4)C3)n2)c1. The van der Waals surface area contributed by atoms with Crippen molar-refractivity contribution in [3.05, 3.63) is 65.0 Å². The van der Waals surface area contributed by atoms with E-state index in [1.54, 1.807) is 29.2 Å². The number of ether oxygens (including phenoxy) is 1. The van der Waals surface area contributed by atoms with Gasteiger partial charge < -0.3 is 14.2 Å². The smallest absolute Gasteiger partial charge is 0.260 e. The Balaban J connectivity index is 1.38. The number of carbonyl (C=O) groups is 1. The van der Waals surface area contributed by atoms with Crippen molar-refractivity contribution >= 4 is 17.5 Å². The molecule has 6 nitrogen and oxygen atoms in total. The van der Waals surface area contributed by atoms with Crippen molar-refractivity contribution in [2.24, 2.45) is 0 Å². The van der Waals surface area contributed by atoms with Crippen molar-refractivity contribution in [1.29, 1.82) is 0 Å². The molecule has 1 aromatic heterocycles. The van der Waals surface area contributed by atoms with Gasteiger partial charge in [0.15, 0.2) is 6.61 Å². The highest BCUT2D eigenvalue weighted by molar-refractivity contribution is 6.30. The molecule has 0 bridgehead atoms. The number of piperidine rings is 1. The molecule has 0 radical (unpaired) electrons. The number of likely N-dealkylation sites (tertiary alicyclic amines) is 1. The molecule has 29 heavy (non-hydrogen) atoms. The van der Waals surface area contributed by atoms with Crippen LogP contribution in [0, 0.1) is 6.92 Å². The maximum absolute atomic E-state index is 12.6. The number of benzene rings is 2. The summed E-state index contributed by atoms with van der Waals surface area (Å²) in [4.78, 5) is 19.0. The molecule has 150 valence electrons. The van der Waals surface area contributed by atoms with Gasteiger partial charge >= 0.3 is 0 Å². The number of carbonyl (C=O) groups excluding carboxylic acids is 1. The van der Waals surface area contributed by atoms with Crippen LogP contribution in [0.15, 0.2) is 53.1 Å².